The molecule has 1 saturated heterocycles. The number of nitrogens with one attached hydrogen (secondary N) is 2. The number of sulfone groups is 1. The van der Waals surface area contributed by atoms with E-state index in [9.17, 15) is 18.3 Å². The Balaban J connectivity index is 1.73. The standard InChI is InChI=1S/C11H20N2O4S/c14-10-3-1-8(2-4-10)12-11(15)13-9-5-6-18(16,17)7-9/h8-10,14H,1-7H2,(H2,12,13,15)/t8?,9-,10?/m0/s1. The number of carbonyl (C=O) groups excluding carboxylic acids is 1. The van der Waals surface area contributed by atoms with E-state index < -0.39 is 9.84 Å². The van der Waals surface area contributed by atoms with Crippen LogP contribution in [0.4, 0.5) is 4.79 Å². The van der Waals surface area contributed by atoms with E-state index in [1.807, 2.05) is 0 Å². The fourth-order valence-electron chi connectivity index (χ4n) is 2.54. The number of aliphatic hydroxyl groups excluding tert-OH is 1. The van der Waals surface area contributed by atoms with Crippen LogP contribution in [-0.2, 0) is 9.84 Å². The molecule has 104 valence electrons. The number of urea groups is 1. The molecule has 3 N–H and O–H groups in total. The Kier molecular flexibility index (Phi) is 4.11. The van der Waals surface area contributed by atoms with Gasteiger partial charge in [-0.1, -0.05) is 0 Å². The van der Waals surface area contributed by atoms with Gasteiger partial charge in [0.15, 0.2) is 9.84 Å². The molecule has 0 spiro atoms. The normalized spacial score (nSPS) is 35.1. The number of hydrogen-bond donors (Lipinski definition) is 3. The zero-order valence-electron chi connectivity index (χ0n) is 10.3. The molecular formula is C11H20N2O4S. The number of aliphatic hydroxyl groups is 1. The molecule has 0 radical (unpaired) electrons. The first-order valence-electron chi connectivity index (χ1n) is 6.40. The second-order valence-electron chi connectivity index (χ2n) is 5.22. The maximum atomic E-state index is 11.7. The summed E-state index contributed by atoms with van der Waals surface area (Å²) >= 11 is 0. The molecule has 6 nitrogen and oxygen atoms in total. The Morgan fingerprint density at radius 2 is 1.61 bits per heavy atom. The molecule has 0 bridgehead atoms. The quantitative estimate of drug-likeness (QED) is 0.649. The fraction of sp³-hybridized carbons (Fsp3) is 0.909. The van der Waals surface area contributed by atoms with Crippen molar-refractivity contribution >= 4 is 15.9 Å². The van der Waals surface area contributed by atoms with E-state index in [2.05, 4.69) is 10.6 Å². The third-order valence-electron chi connectivity index (χ3n) is 3.60. The largest absolute Gasteiger partial charge is 0.393 e. The highest BCUT2D eigenvalue weighted by Gasteiger charge is 2.29. The molecule has 2 fully saturated rings. The molecule has 1 heterocycles. The van der Waals surface area contributed by atoms with E-state index in [1.54, 1.807) is 0 Å². The van der Waals surface area contributed by atoms with Crippen LogP contribution in [0.2, 0.25) is 0 Å². The molecule has 2 rings (SSSR count). The highest BCUT2D eigenvalue weighted by Crippen LogP contribution is 2.18. The average Bonchev–Trinajstić information content (AvgIpc) is 2.61. The fourth-order valence-corrected chi connectivity index (χ4v) is 4.21. The molecule has 1 atom stereocenters. The lowest BCUT2D eigenvalue weighted by atomic mass is 9.93. The predicted octanol–water partition coefficient (Wildman–Crippen LogP) is -0.224. The summed E-state index contributed by atoms with van der Waals surface area (Å²) in [7, 11) is -2.96. The second kappa shape index (κ2) is 5.44. The maximum Gasteiger partial charge on any atom is 0.315 e. The molecule has 0 unspecified atom stereocenters. The minimum absolute atomic E-state index is 0.0454. The van der Waals surface area contributed by atoms with Crippen molar-refractivity contribution in [3.63, 3.8) is 0 Å². The van der Waals surface area contributed by atoms with E-state index in [-0.39, 0.29) is 35.7 Å². The Morgan fingerprint density at radius 3 is 2.17 bits per heavy atom. The van der Waals surface area contributed by atoms with Crippen molar-refractivity contribution in [2.24, 2.45) is 0 Å². The Hall–Kier alpha value is -0.820. The van der Waals surface area contributed by atoms with Crippen molar-refractivity contribution < 1.29 is 18.3 Å². The summed E-state index contributed by atoms with van der Waals surface area (Å²) in [5, 5.41) is 14.9. The Labute approximate surface area is 107 Å². The lowest BCUT2D eigenvalue weighted by molar-refractivity contribution is 0.117. The molecule has 7 heteroatoms. The molecule has 1 aliphatic carbocycles. The molecule has 1 saturated carbocycles. The van der Waals surface area contributed by atoms with Gasteiger partial charge in [0.1, 0.15) is 0 Å². The van der Waals surface area contributed by atoms with Crippen molar-refractivity contribution in [3.05, 3.63) is 0 Å². The highest BCUT2D eigenvalue weighted by molar-refractivity contribution is 7.91. The SMILES string of the molecule is O=C(NC1CCC(O)CC1)N[C@H]1CCS(=O)(=O)C1. The third kappa shape index (κ3) is 3.84. The van der Waals surface area contributed by atoms with E-state index in [0.717, 1.165) is 12.8 Å². The first-order chi connectivity index (χ1) is 8.44. The third-order valence-corrected chi connectivity index (χ3v) is 5.37. The van der Waals surface area contributed by atoms with Gasteiger partial charge in [-0.05, 0) is 32.1 Å². The number of hydrogen-bond acceptors (Lipinski definition) is 4. The van der Waals surface area contributed by atoms with Crippen LogP contribution in [0.15, 0.2) is 0 Å². The minimum atomic E-state index is -2.96. The highest BCUT2D eigenvalue weighted by atomic mass is 32.2. The maximum absolute atomic E-state index is 11.7. The molecule has 18 heavy (non-hydrogen) atoms. The molecule has 2 aliphatic rings. The first kappa shape index (κ1) is 13.6. The van der Waals surface area contributed by atoms with Crippen molar-refractivity contribution in [2.45, 2.75) is 50.3 Å². The van der Waals surface area contributed by atoms with E-state index >= 15 is 0 Å². The summed E-state index contributed by atoms with van der Waals surface area (Å²) in [6, 6.07) is -0.464. The topological polar surface area (TPSA) is 95.5 Å². The summed E-state index contributed by atoms with van der Waals surface area (Å²) in [5.74, 6) is 0.206. The smallest absolute Gasteiger partial charge is 0.315 e. The van der Waals surface area contributed by atoms with Crippen LogP contribution in [0, 0.1) is 0 Å². The van der Waals surface area contributed by atoms with Crippen molar-refractivity contribution in [1.82, 2.24) is 10.6 Å². The zero-order chi connectivity index (χ0) is 13.2. The van der Waals surface area contributed by atoms with Crippen LogP contribution in [0.5, 0.6) is 0 Å². The average molecular weight is 276 g/mol. The molecule has 2 amide bonds. The Morgan fingerprint density at radius 1 is 1.00 bits per heavy atom. The van der Waals surface area contributed by atoms with Gasteiger partial charge in [-0.15, -0.1) is 0 Å². The van der Waals surface area contributed by atoms with Crippen molar-refractivity contribution in [3.8, 4) is 0 Å². The summed E-state index contributed by atoms with van der Waals surface area (Å²) in [6.45, 7) is 0. The van der Waals surface area contributed by atoms with Crippen molar-refractivity contribution in [1.29, 1.82) is 0 Å². The van der Waals surface area contributed by atoms with Crippen LogP contribution >= 0.6 is 0 Å². The summed E-state index contributed by atoms with van der Waals surface area (Å²) in [4.78, 5) is 11.7. The van der Waals surface area contributed by atoms with Gasteiger partial charge >= 0.3 is 6.03 Å². The number of carbonyl (C=O) groups is 1. The van der Waals surface area contributed by atoms with Gasteiger partial charge < -0.3 is 15.7 Å². The number of rotatable bonds is 2. The van der Waals surface area contributed by atoms with Gasteiger partial charge in [0.25, 0.3) is 0 Å². The lowest BCUT2D eigenvalue weighted by Crippen LogP contribution is -2.47. The molecule has 0 aromatic rings. The van der Waals surface area contributed by atoms with Crippen LogP contribution in [0.1, 0.15) is 32.1 Å². The van der Waals surface area contributed by atoms with Crippen LogP contribution in [-0.4, -0.2) is 49.2 Å². The predicted molar refractivity (Wildman–Crippen MR) is 67.0 cm³/mol. The van der Waals surface area contributed by atoms with E-state index in [4.69, 9.17) is 0 Å². The first-order valence-corrected chi connectivity index (χ1v) is 8.22. The van der Waals surface area contributed by atoms with Gasteiger partial charge in [-0.3, -0.25) is 0 Å². The molecule has 0 aromatic heterocycles. The molecular weight excluding hydrogens is 256 g/mol. The van der Waals surface area contributed by atoms with Gasteiger partial charge in [-0.25, -0.2) is 13.2 Å². The van der Waals surface area contributed by atoms with E-state index in [0.29, 0.717) is 19.3 Å². The Bertz CT molecular complexity index is 401. The summed E-state index contributed by atoms with van der Waals surface area (Å²) < 4.78 is 22.5. The van der Waals surface area contributed by atoms with Crippen LogP contribution in [0.3, 0.4) is 0 Å². The van der Waals surface area contributed by atoms with Gasteiger partial charge in [0, 0.05) is 12.1 Å². The monoisotopic (exact) mass is 276 g/mol. The molecule has 0 aromatic carbocycles. The van der Waals surface area contributed by atoms with Crippen LogP contribution < -0.4 is 10.6 Å². The summed E-state index contributed by atoms with van der Waals surface area (Å²) in [5.41, 5.74) is 0. The minimum Gasteiger partial charge on any atom is -0.393 e. The van der Waals surface area contributed by atoms with Gasteiger partial charge in [0.05, 0.1) is 17.6 Å². The van der Waals surface area contributed by atoms with Gasteiger partial charge in [0.2, 0.25) is 0 Å². The molecule has 1 aliphatic heterocycles. The van der Waals surface area contributed by atoms with Gasteiger partial charge in [-0.2, -0.15) is 0 Å². The summed E-state index contributed by atoms with van der Waals surface area (Å²) in [6.07, 6.45) is 3.23. The van der Waals surface area contributed by atoms with Crippen molar-refractivity contribution in [2.75, 3.05) is 11.5 Å². The zero-order valence-corrected chi connectivity index (χ0v) is 11.1. The van der Waals surface area contributed by atoms with E-state index in [1.165, 1.54) is 0 Å². The second-order valence-corrected chi connectivity index (χ2v) is 7.45. The number of amides is 2. The lowest BCUT2D eigenvalue weighted by Gasteiger charge is -2.26. The van der Waals surface area contributed by atoms with Crippen LogP contribution in [0.25, 0.3) is 0 Å².